The first-order valence-electron chi connectivity index (χ1n) is 4.59. The predicted octanol–water partition coefficient (Wildman–Crippen LogP) is 3.37. The molecule has 0 fully saturated rings. The van der Waals surface area contributed by atoms with Crippen molar-refractivity contribution in [2.24, 2.45) is 0 Å². The van der Waals surface area contributed by atoms with Crippen LogP contribution in [-0.2, 0) is 4.74 Å². The van der Waals surface area contributed by atoms with Crippen LogP contribution in [0.15, 0.2) is 22.7 Å². The second-order valence-electron chi connectivity index (χ2n) is 2.98. The van der Waals surface area contributed by atoms with E-state index in [0.29, 0.717) is 4.47 Å². The third kappa shape index (κ3) is 5.27. The Kier molecular flexibility index (Phi) is 5.07. The quantitative estimate of drug-likeness (QED) is 0.780. The molecule has 0 aliphatic heterocycles. The van der Waals surface area contributed by atoms with E-state index < -0.39 is 6.36 Å². The van der Waals surface area contributed by atoms with E-state index >= 15 is 0 Å². The molecule has 17 heavy (non-hydrogen) atoms. The molecule has 0 heterocycles. The summed E-state index contributed by atoms with van der Waals surface area (Å²) in [5.74, 6) is -0.370. The number of methoxy groups -OCH3 is 1. The highest BCUT2D eigenvalue weighted by Gasteiger charge is 2.32. The van der Waals surface area contributed by atoms with Gasteiger partial charge in [0.2, 0.25) is 0 Å². The summed E-state index contributed by atoms with van der Waals surface area (Å²) >= 11 is 3.14. The molecule has 3 nitrogen and oxygen atoms in total. The average Bonchev–Trinajstić information content (AvgIpc) is 2.20. The molecule has 0 saturated heterocycles. The highest BCUT2D eigenvalue weighted by Crippen LogP contribution is 2.34. The summed E-state index contributed by atoms with van der Waals surface area (Å²) in [4.78, 5) is 0. The fourth-order valence-corrected chi connectivity index (χ4v) is 1.38. The third-order valence-corrected chi connectivity index (χ3v) is 2.17. The Morgan fingerprint density at radius 3 is 2.47 bits per heavy atom. The Morgan fingerprint density at radius 1 is 1.18 bits per heavy atom. The molecular weight excluding hydrogens is 305 g/mol. The number of ether oxygens (including phenoxy) is 3. The van der Waals surface area contributed by atoms with Gasteiger partial charge in [0.05, 0.1) is 6.61 Å². The molecule has 0 atom stereocenters. The number of alkyl halides is 3. The second-order valence-corrected chi connectivity index (χ2v) is 3.90. The highest BCUT2D eigenvalue weighted by molar-refractivity contribution is 9.10. The van der Waals surface area contributed by atoms with Gasteiger partial charge in [-0.15, -0.1) is 13.2 Å². The van der Waals surface area contributed by atoms with Crippen molar-refractivity contribution in [3.8, 4) is 11.5 Å². The molecule has 96 valence electrons. The standard InChI is InChI=1S/C10H10BrF3O3/c1-15-4-5-16-9-6-7(11)2-3-8(9)17-10(12,13)14/h2-3,6H,4-5H2,1H3. The molecule has 0 aliphatic rings. The Labute approximate surface area is 105 Å². The molecule has 0 aromatic heterocycles. The minimum Gasteiger partial charge on any atom is -0.487 e. The van der Waals surface area contributed by atoms with Gasteiger partial charge in [-0.3, -0.25) is 0 Å². The fourth-order valence-electron chi connectivity index (χ4n) is 1.04. The normalized spacial score (nSPS) is 11.4. The van der Waals surface area contributed by atoms with E-state index in [1.54, 1.807) is 0 Å². The molecule has 0 N–H and O–H groups in total. The SMILES string of the molecule is COCCOc1cc(Br)ccc1OC(F)(F)F. The van der Waals surface area contributed by atoms with Crippen LogP contribution in [0.25, 0.3) is 0 Å². The molecular formula is C10H10BrF3O3. The van der Waals surface area contributed by atoms with Crippen molar-refractivity contribution in [2.75, 3.05) is 20.3 Å². The zero-order valence-electron chi connectivity index (χ0n) is 8.88. The highest BCUT2D eigenvalue weighted by atomic mass is 79.9. The van der Waals surface area contributed by atoms with Crippen molar-refractivity contribution in [2.45, 2.75) is 6.36 Å². The van der Waals surface area contributed by atoms with Crippen molar-refractivity contribution < 1.29 is 27.4 Å². The molecule has 0 radical (unpaired) electrons. The first-order valence-corrected chi connectivity index (χ1v) is 5.38. The first kappa shape index (κ1) is 14.1. The molecule has 0 amide bonds. The topological polar surface area (TPSA) is 27.7 Å². The lowest BCUT2D eigenvalue weighted by Gasteiger charge is -2.14. The van der Waals surface area contributed by atoms with Crippen LogP contribution < -0.4 is 9.47 Å². The minimum absolute atomic E-state index is 0.00810. The van der Waals surface area contributed by atoms with Crippen LogP contribution in [0.1, 0.15) is 0 Å². The van der Waals surface area contributed by atoms with Crippen LogP contribution in [0.4, 0.5) is 13.2 Å². The maximum absolute atomic E-state index is 12.1. The maximum atomic E-state index is 12.1. The summed E-state index contributed by atoms with van der Waals surface area (Å²) < 4.78 is 50.6. The minimum atomic E-state index is -4.74. The van der Waals surface area contributed by atoms with E-state index in [9.17, 15) is 13.2 Å². The van der Waals surface area contributed by atoms with E-state index in [2.05, 4.69) is 20.7 Å². The van der Waals surface area contributed by atoms with E-state index in [4.69, 9.17) is 9.47 Å². The van der Waals surface area contributed by atoms with Gasteiger partial charge in [-0.2, -0.15) is 0 Å². The number of benzene rings is 1. The zero-order valence-corrected chi connectivity index (χ0v) is 10.5. The van der Waals surface area contributed by atoms with Crippen LogP contribution in [0.3, 0.4) is 0 Å². The van der Waals surface area contributed by atoms with Crippen LogP contribution in [0.2, 0.25) is 0 Å². The predicted molar refractivity (Wildman–Crippen MR) is 58.2 cm³/mol. The van der Waals surface area contributed by atoms with Crippen molar-refractivity contribution in [3.05, 3.63) is 22.7 Å². The molecule has 0 bridgehead atoms. The van der Waals surface area contributed by atoms with Gasteiger partial charge in [0.15, 0.2) is 11.5 Å². The largest absolute Gasteiger partial charge is 0.573 e. The van der Waals surface area contributed by atoms with Gasteiger partial charge in [0.1, 0.15) is 6.61 Å². The van der Waals surface area contributed by atoms with Crippen molar-refractivity contribution in [3.63, 3.8) is 0 Å². The zero-order chi connectivity index (χ0) is 12.9. The number of hydrogen-bond donors (Lipinski definition) is 0. The fraction of sp³-hybridized carbons (Fsp3) is 0.400. The Bertz CT molecular complexity index is 368. The maximum Gasteiger partial charge on any atom is 0.573 e. The summed E-state index contributed by atoms with van der Waals surface area (Å²) in [6.07, 6.45) is -4.74. The molecule has 1 aromatic rings. The summed E-state index contributed by atoms with van der Waals surface area (Å²) in [6.45, 7) is 0.416. The Hall–Kier alpha value is -0.950. The van der Waals surface area contributed by atoms with E-state index in [-0.39, 0.29) is 24.7 Å². The van der Waals surface area contributed by atoms with Gasteiger partial charge in [-0.1, -0.05) is 15.9 Å². The van der Waals surface area contributed by atoms with Gasteiger partial charge in [-0.05, 0) is 18.2 Å². The van der Waals surface area contributed by atoms with Gasteiger partial charge < -0.3 is 14.2 Å². The Morgan fingerprint density at radius 2 is 1.88 bits per heavy atom. The number of rotatable bonds is 5. The lowest BCUT2D eigenvalue weighted by atomic mass is 10.3. The van der Waals surface area contributed by atoms with Crippen LogP contribution in [0, 0.1) is 0 Å². The smallest absolute Gasteiger partial charge is 0.487 e. The monoisotopic (exact) mass is 314 g/mol. The van der Waals surface area contributed by atoms with Crippen molar-refractivity contribution in [1.82, 2.24) is 0 Å². The molecule has 1 rings (SSSR count). The van der Waals surface area contributed by atoms with Gasteiger partial charge in [0, 0.05) is 11.6 Å². The lowest BCUT2D eigenvalue weighted by molar-refractivity contribution is -0.275. The Balaban J connectivity index is 2.80. The van der Waals surface area contributed by atoms with Crippen LogP contribution in [0.5, 0.6) is 11.5 Å². The molecule has 1 aromatic carbocycles. The van der Waals surface area contributed by atoms with Gasteiger partial charge >= 0.3 is 6.36 Å². The van der Waals surface area contributed by atoms with E-state index in [0.717, 1.165) is 0 Å². The molecule has 7 heteroatoms. The number of hydrogen-bond acceptors (Lipinski definition) is 3. The average molecular weight is 315 g/mol. The first-order chi connectivity index (χ1) is 7.92. The number of halogens is 4. The van der Waals surface area contributed by atoms with E-state index in [1.807, 2.05) is 0 Å². The summed E-state index contributed by atoms with van der Waals surface area (Å²) in [7, 11) is 1.47. The van der Waals surface area contributed by atoms with Crippen LogP contribution in [-0.4, -0.2) is 26.7 Å². The molecule has 0 unspecified atom stereocenters. The summed E-state index contributed by atoms with van der Waals surface area (Å²) in [5, 5.41) is 0. The molecule has 0 spiro atoms. The van der Waals surface area contributed by atoms with Gasteiger partial charge in [-0.25, -0.2) is 0 Å². The van der Waals surface area contributed by atoms with Crippen LogP contribution >= 0.6 is 15.9 Å². The second kappa shape index (κ2) is 6.11. The van der Waals surface area contributed by atoms with Crippen molar-refractivity contribution >= 4 is 15.9 Å². The van der Waals surface area contributed by atoms with E-state index in [1.165, 1.54) is 25.3 Å². The molecule has 0 aliphatic carbocycles. The molecule has 0 saturated carbocycles. The van der Waals surface area contributed by atoms with Gasteiger partial charge in [0.25, 0.3) is 0 Å². The summed E-state index contributed by atoms with van der Waals surface area (Å²) in [5.41, 5.74) is 0. The summed E-state index contributed by atoms with van der Waals surface area (Å²) in [6, 6.07) is 4.01. The van der Waals surface area contributed by atoms with Crippen molar-refractivity contribution in [1.29, 1.82) is 0 Å². The lowest BCUT2D eigenvalue weighted by Crippen LogP contribution is -2.18. The third-order valence-electron chi connectivity index (χ3n) is 1.68.